The van der Waals surface area contributed by atoms with Gasteiger partial charge in [-0.15, -0.1) is 0 Å². The van der Waals surface area contributed by atoms with Gasteiger partial charge in [-0.2, -0.15) is 0 Å². The van der Waals surface area contributed by atoms with E-state index < -0.39 is 10.0 Å². The summed E-state index contributed by atoms with van der Waals surface area (Å²) in [5.41, 5.74) is 0.908. The largest absolute Gasteiger partial charge is 0.493 e. The number of hydrogen-bond acceptors (Lipinski definition) is 5. The maximum absolute atomic E-state index is 11.1. The number of pyridine rings is 1. The average molecular weight is 285 g/mol. The van der Waals surface area contributed by atoms with Crippen molar-refractivity contribution in [2.75, 3.05) is 30.9 Å². The molecule has 1 unspecified atom stereocenters. The highest BCUT2D eigenvalue weighted by atomic mass is 32.2. The number of aryl methyl sites for hydroxylation is 1. The van der Waals surface area contributed by atoms with E-state index in [0.29, 0.717) is 12.3 Å². The summed E-state index contributed by atoms with van der Waals surface area (Å²) < 4.78 is 27.6. The quantitative estimate of drug-likeness (QED) is 0.871. The lowest BCUT2D eigenvalue weighted by Gasteiger charge is -2.20. The van der Waals surface area contributed by atoms with E-state index in [1.807, 2.05) is 19.1 Å². The summed E-state index contributed by atoms with van der Waals surface area (Å²) in [6.07, 6.45) is 0.801. The van der Waals surface area contributed by atoms with Crippen LogP contribution in [0.25, 0.3) is 0 Å². The number of aromatic nitrogens is 1. The third-order valence-corrected chi connectivity index (χ3v) is 4.19. The molecule has 19 heavy (non-hydrogen) atoms. The van der Waals surface area contributed by atoms with Gasteiger partial charge in [0.25, 0.3) is 0 Å². The predicted molar refractivity (Wildman–Crippen MR) is 73.8 cm³/mol. The first-order valence-corrected chi connectivity index (χ1v) is 7.87. The molecule has 2 heterocycles. The molecule has 0 spiro atoms. The maximum Gasteiger partial charge on any atom is 0.209 e. The molecule has 2 N–H and O–H groups in total. The van der Waals surface area contributed by atoms with Crippen LogP contribution >= 0.6 is 0 Å². The van der Waals surface area contributed by atoms with Crippen LogP contribution in [0.2, 0.25) is 0 Å². The van der Waals surface area contributed by atoms with Crippen LogP contribution in [0.1, 0.15) is 12.1 Å². The van der Waals surface area contributed by atoms with Crippen LogP contribution in [0.15, 0.2) is 12.1 Å². The van der Waals surface area contributed by atoms with Crippen molar-refractivity contribution >= 4 is 15.8 Å². The lowest BCUT2D eigenvalue weighted by molar-refractivity contribution is 0.412. The first-order valence-electron chi connectivity index (χ1n) is 6.16. The van der Waals surface area contributed by atoms with Gasteiger partial charge in [-0.25, -0.2) is 18.5 Å². The highest BCUT2D eigenvalue weighted by molar-refractivity contribution is 7.89. The number of methoxy groups -OCH3 is 1. The number of ether oxygens (including phenoxy) is 1. The van der Waals surface area contributed by atoms with E-state index in [1.165, 1.54) is 0 Å². The Kier molecular flexibility index (Phi) is 3.96. The van der Waals surface area contributed by atoms with Crippen molar-refractivity contribution in [2.24, 2.45) is 11.1 Å². The normalized spacial score (nSPS) is 19.7. The first-order chi connectivity index (χ1) is 8.89. The summed E-state index contributed by atoms with van der Waals surface area (Å²) in [6, 6.07) is 3.77. The van der Waals surface area contributed by atoms with Crippen LogP contribution in [0, 0.1) is 12.8 Å². The van der Waals surface area contributed by atoms with Crippen molar-refractivity contribution in [2.45, 2.75) is 13.3 Å². The highest BCUT2D eigenvalue weighted by Crippen LogP contribution is 2.30. The fourth-order valence-electron chi connectivity index (χ4n) is 2.41. The Morgan fingerprint density at radius 1 is 1.53 bits per heavy atom. The van der Waals surface area contributed by atoms with Gasteiger partial charge in [0.1, 0.15) is 0 Å². The van der Waals surface area contributed by atoms with E-state index in [9.17, 15) is 8.42 Å². The molecule has 1 aromatic heterocycles. The molecule has 6 nitrogen and oxygen atoms in total. The molecule has 1 fully saturated rings. The van der Waals surface area contributed by atoms with Gasteiger partial charge in [-0.1, -0.05) is 0 Å². The van der Waals surface area contributed by atoms with Gasteiger partial charge in [0, 0.05) is 18.8 Å². The van der Waals surface area contributed by atoms with E-state index in [4.69, 9.17) is 9.88 Å². The summed E-state index contributed by atoms with van der Waals surface area (Å²) in [6.45, 7) is 3.33. The van der Waals surface area contributed by atoms with Crippen LogP contribution in [-0.2, 0) is 10.0 Å². The molecular formula is C12H19N3O3S. The van der Waals surface area contributed by atoms with Crippen molar-refractivity contribution in [1.82, 2.24) is 4.98 Å². The summed E-state index contributed by atoms with van der Waals surface area (Å²) in [7, 11) is -1.81. The fraction of sp³-hybridized carbons (Fsp3) is 0.583. The van der Waals surface area contributed by atoms with Crippen LogP contribution in [0.3, 0.4) is 0 Å². The zero-order valence-electron chi connectivity index (χ0n) is 11.2. The summed E-state index contributed by atoms with van der Waals surface area (Å²) in [4.78, 5) is 6.53. The van der Waals surface area contributed by atoms with E-state index in [0.717, 1.165) is 24.5 Å². The molecule has 1 aromatic rings. The monoisotopic (exact) mass is 285 g/mol. The van der Waals surface area contributed by atoms with Crippen molar-refractivity contribution < 1.29 is 13.2 Å². The second-order valence-corrected chi connectivity index (χ2v) is 6.57. The van der Waals surface area contributed by atoms with Gasteiger partial charge < -0.3 is 9.64 Å². The SMILES string of the molecule is COc1ccc(C)nc1N1CCC(CS(N)(=O)=O)C1. The molecule has 0 aliphatic carbocycles. The Hall–Kier alpha value is -1.34. The summed E-state index contributed by atoms with van der Waals surface area (Å²) >= 11 is 0. The topological polar surface area (TPSA) is 85.5 Å². The van der Waals surface area contributed by atoms with Gasteiger partial charge in [0.15, 0.2) is 11.6 Å². The minimum absolute atomic E-state index is 0.0254. The van der Waals surface area contributed by atoms with Crippen LogP contribution in [-0.4, -0.2) is 39.4 Å². The second-order valence-electron chi connectivity index (χ2n) is 4.91. The average Bonchev–Trinajstić information content (AvgIpc) is 2.75. The molecule has 0 radical (unpaired) electrons. The Bertz CT molecular complexity index is 559. The first kappa shape index (κ1) is 14.1. The Labute approximate surface area is 113 Å². The molecule has 1 saturated heterocycles. The number of hydrogen-bond donors (Lipinski definition) is 1. The number of rotatable bonds is 4. The van der Waals surface area contributed by atoms with Gasteiger partial charge in [-0.3, -0.25) is 0 Å². The molecule has 7 heteroatoms. The lowest BCUT2D eigenvalue weighted by Crippen LogP contribution is -2.27. The van der Waals surface area contributed by atoms with Gasteiger partial charge in [0.2, 0.25) is 10.0 Å². The summed E-state index contributed by atoms with van der Waals surface area (Å²) in [5.74, 6) is 1.57. The zero-order chi connectivity index (χ0) is 14.0. The van der Waals surface area contributed by atoms with Crippen LogP contribution < -0.4 is 14.8 Å². The third kappa shape index (κ3) is 3.57. The van der Waals surface area contributed by atoms with Crippen molar-refractivity contribution in [3.05, 3.63) is 17.8 Å². The van der Waals surface area contributed by atoms with Crippen molar-refractivity contribution in [3.63, 3.8) is 0 Å². The van der Waals surface area contributed by atoms with E-state index in [1.54, 1.807) is 7.11 Å². The van der Waals surface area contributed by atoms with E-state index in [2.05, 4.69) is 9.88 Å². The van der Waals surface area contributed by atoms with Gasteiger partial charge in [0.05, 0.1) is 12.9 Å². The van der Waals surface area contributed by atoms with Crippen LogP contribution in [0.5, 0.6) is 5.75 Å². The number of anilines is 1. The molecular weight excluding hydrogens is 266 g/mol. The molecule has 0 saturated carbocycles. The molecule has 106 valence electrons. The molecule has 0 amide bonds. The third-order valence-electron chi connectivity index (χ3n) is 3.25. The van der Waals surface area contributed by atoms with Gasteiger partial charge >= 0.3 is 0 Å². The Balaban J connectivity index is 2.14. The lowest BCUT2D eigenvalue weighted by atomic mass is 10.2. The minimum Gasteiger partial charge on any atom is -0.493 e. The number of sulfonamides is 1. The molecule has 1 atom stereocenters. The molecule has 1 aliphatic rings. The second kappa shape index (κ2) is 5.34. The molecule has 2 rings (SSSR count). The van der Waals surface area contributed by atoms with E-state index in [-0.39, 0.29) is 11.7 Å². The predicted octanol–water partition coefficient (Wildman–Crippen LogP) is 0.513. The number of nitrogens with zero attached hydrogens (tertiary/aromatic N) is 2. The Morgan fingerprint density at radius 2 is 2.26 bits per heavy atom. The minimum atomic E-state index is -3.42. The number of primary sulfonamides is 1. The zero-order valence-corrected chi connectivity index (χ0v) is 12.0. The highest BCUT2D eigenvalue weighted by Gasteiger charge is 2.28. The van der Waals surface area contributed by atoms with Crippen LogP contribution in [0.4, 0.5) is 5.82 Å². The fourth-order valence-corrected chi connectivity index (χ4v) is 3.33. The summed E-state index contributed by atoms with van der Waals surface area (Å²) in [5, 5.41) is 5.09. The van der Waals surface area contributed by atoms with E-state index >= 15 is 0 Å². The maximum atomic E-state index is 11.1. The number of nitrogens with two attached hydrogens (primary N) is 1. The van der Waals surface area contributed by atoms with Crippen molar-refractivity contribution in [1.29, 1.82) is 0 Å². The molecule has 1 aliphatic heterocycles. The molecule has 0 bridgehead atoms. The smallest absolute Gasteiger partial charge is 0.209 e. The van der Waals surface area contributed by atoms with Crippen molar-refractivity contribution in [3.8, 4) is 5.75 Å². The van der Waals surface area contributed by atoms with Gasteiger partial charge in [-0.05, 0) is 31.4 Å². The standard InChI is InChI=1S/C12H19N3O3S/c1-9-3-4-11(18-2)12(14-9)15-6-5-10(7-15)8-19(13,16)17/h3-4,10H,5-8H2,1-2H3,(H2,13,16,17). The molecule has 0 aromatic carbocycles. The Morgan fingerprint density at radius 3 is 2.89 bits per heavy atom.